The third-order valence-electron chi connectivity index (χ3n) is 5.48. The van der Waals surface area contributed by atoms with Crippen LogP contribution in [0.3, 0.4) is 0 Å². The van der Waals surface area contributed by atoms with Crippen molar-refractivity contribution < 1.29 is 23.2 Å². The zero-order valence-corrected chi connectivity index (χ0v) is 17.6. The number of ketones is 2. The lowest BCUT2D eigenvalue weighted by molar-refractivity contribution is -0.140. The predicted molar refractivity (Wildman–Crippen MR) is 113 cm³/mol. The highest BCUT2D eigenvalue weighted by molar-refractivity contribution is 6.40. The summed E-state index contributed by atoms with van der Waals surface area (Å²) in [7, 11) is 0. The molecule has 2 aliphatic rings. The van der Waals surface area contributed by atoms with Crippen molar-refractivity contribution >= 4 is 40.0 Å². The van der Waals surface area contributed by atoms with Crippen molar-refractivity contribution in [3.63, 3.8) is 0 Å². The topological polar surface area (TPSA) is 115 Å². The lowest BCUT2D eigenvalue weighted by Crippen LogP contribution is -2.26. The molecule has 3 heterocycles. The van der Waals surface area contributed by atoms with Crippen LogP contribution in [-0.4, -0.2) is 37.4 Å². The van der Waals surface area contributed by atoms with Crippen molar-refractivity contribution in [2.45, 2.75) is 19.5 Å². The zero-order chi connectivity index (χ0) is 23.3. The van der Waals surface area contributed by atoms with Crippen LogP contribution in [0.25, 0.3) is 11.0 Å². The number of carbonyl (C=O) groups is 3. The van der Waals surface area contributed by atoms with Crippen LogP contribution in [0.4, 0.5) is 4.39 Å². The van der Waals surface area contributed by atoms with Gasteiger partial charge in [-0.05, 0) is 36.4 Å². The molecule has 33 heavy (non-hydrogen) atoms. The molecule has 0 saturated carbocycles. The molecule has 1 aliphatic heterocycles. The fourth-order valence-corrected chi connectivity index (χ4v) is 4.08. The van der Waals surface area contributed by atoms with Gasteiger partial charge in [-0.25, -0.2) is 13.9 Å². The lowest BCUT2D eigenvalue weighted by atomic mass is 9.95. The lowest BCUT2D eigenvalue weighted by Gasteiger charge is -2.19. The summed E-state index contributed by atoms with van der Waals surface area (Å²) in [6, 6.07) is 6.09. The second-order valence-electron chi connectivity index (χ2n) is 7.68. The van der Waals surface area contributed by atoms with E-state index in [9.17, 15) is 23.6 Å². The molecule has 0 bridgehead atoms. The molecule has 1 fully saturated rings. The molecular formula is C22H14ClFN4O5. The standard InChI is InChI=1S/C22H14ClFN4O5/c23-12-1-4-19-11(5-12)6-16(22(32)33-19)18(29)10-27-8-14(25-26-27)9-28-17-3-2-13(24)7-15(17)20(30)21(28)31/h1-6,8,15H,7,9-10H2. The van der Waals surface area contributed by atoms with Gasteiger partial charge in [-0.2, -0.15) is 0 Å². The highest BCUT2D eigenvalue weighted by Crippen LogP contribution is 2.35. The number of hydrogen-bond acceptors (Lipinski definition) is 7. The number of rotatable bonds is 5. The molecule has 1 aliphatic carbocycles. The largest absolute Gasteiger partial charge is 0.422 e. The van der Waals surface area contributed by atoms with E-state index in [0.717, 1.165) is 0 Å². The Hall–Kier alpha value is -3.92. The van der Waals surface area contributed by atoms with E-state index in [-0.39, 0.29) is 25.1 Å². The summed E-state index contributed by atoms with van der Waals surface area (Å²) in [5.74, 6) is -3.26. The van der Waals surface area contributed by atoms with Crippen molar-refractivity contribution in [2.24, 2.45) is 5.92 Å². The molecule has 1 atom stereocenters. The summed E-state index contributed by atoms with van der Waals surface area (Å²) in [6.07, 6.45) is 3.92. The SMILES string of the molecule is O=C(Cn1cc(CN2C(=O)C(=O)C3CC(F)=CC=C32)nn1)c1cc2cc(Cl)ccc2oc1=O. The van der Waals surface area contributed by atoms with Gasteiger partial charge in [0, 0.05) is 22.5 Å². The Morgan fingerprint density at radius 3 is 2.85 bits per heavy atom. The first-order valence-corrected chi connectivity index (χ1v) is 10.3. The number of carbonyl (C=O) groups excluding carboxylic acids is 3. The molecule has 3 aromatic rings. The van der Waals surface area contributed by atoms with Crippen LogP contribution in [0.5, 0.6) is 0 Å². The molecule has 5 rings (SSSR count). The summed E-state index contributed by atoms with van der Waals surface area (Å²) in [5, 5.41) is 8.74. The second kappa shape index (κ2) is 7.89. The van der Waals surface area contributed by atoms with Gasteiger partial charge < -0.3 is 9.32 Å². The van der Waals surface area contributed by atoms with Gasteiger partial charge >= 0.3 is 5.63 Å². The van der Waals surface area contributed by atoms with Crippen LogP contribution < -0.4 is 5.63 Å². The Labute approximate surface area is 189 Å². The van der Waals surface area contributed by atoms with Crippen molar-refractivity contribution in [1.82, 2.24) is 19.9 Å². The fraction of sp³-hybridized carbons (Fsp3) is 0.182. The highest BCUT2D eigenvalue weighted by Gasteiger charge is 2.44. The van der Waals surface area contributed by atoms with Crippen LogP contribution in [-0.2, 0) is 22.7 Å². The Morgan fingerprint density at radius 1 is 1.21 bits per heavy atom. The average molecular weight is 469 g/mol. The summed E-state index contributed by atoms with van der Waals surface area (Å²) in [5.41, 5.74) is 0.0826. The molecule has 1 unspecified atom stereocenters. The van der Waals surface area contributed by atoms with E-state index in [0.29, 0.717) is 27.4 Å². The summed E-state index contributed by atoms with van der Waals surface area (Å²) < 4.78 is 19.9. The van der Waals surface area contributed by atoms with Gasteiger partial charge in [0.05, 0.1) is 18.7 Å². The van der Waals surface area contributed by atoms with Gasteiger partial charge in [-0.15, -0.1) is 5.10 Å². The van der Waals surface area contributed by atoms with E-state index < -0.39 is 34.8 Å². The van der Waals surface area contributed by atoms with Gasteiger partial charge in [0.2, 0.25) is 5.78 Å². The molecule has 0 spiro atoms. The number of nitrogens with zero attached hydrogens (tertiary/aromatic N) is 4. The zero-order valence-electron chi connectivity index (χ0n) is 16.8. The number of halogens is 2. The van der Waals surface area contributed by atoms with Crippen molar-refractivity contribution in [2.75, 3.05) is 0 Å². The Kier molecular flexibility index (Phi) is 5.01. The van der Waals surface area contributed by atoms with Crippen LogP contribution >= 0.6 is 11.6 Å². The van der Waals surface area contributed by atoms with Gasteiger partial charge in [-0.3, -0.25) is 14.4 Å². The maximum absolute atomic E-state index is 13.5. The second-order valence-corrected chi connectivity index (χ2v) is 8.11. The van der Waals surface area contributed by atoms with E-state index in [2.05, 4.69) is 10.3 Å². The molecule has 2 aromatic heterocycles. The molecule has 9 nitrogen and oxygen atoms in total. The molecule has 11 heteroatoms. The van der Waals surface area contributed by atoms with Gasteiger partial charge in [0.1, 0.15) is 29.2 Å². The third-order valence-corrected chi connectivity index (χ3v) is 5.72. The Bertz CT molecular complexity index is 1470. The number of amides is 1. The van der Waals surface area contributed by atoms with E-state index in [1.54, 1.807) is 12.1 Å². The number of allylic oxidation sites excluding steroid dienone is 4. The van der Waals surface area contributed by atoms with Crippen molar-refractivity contribution in [3.8, 4) is 0 Å². The van der Waals surface area contributed by atoms with Crippen LogP contribution in [0, 0.1) is 5.92 Å². The highest BCUT2D eigenvalue weighted by atomic mass is 35.5. The molecule has 0 radical (unpaired) electrons. The first kappa shape index (κ1) is 21.0. The van der Waals surface area contributed by atoms with Gasteiger partial charge in [0.25, 0.3) is 5.91 Å². The number of aromatic nitrogens is 3. The maximum Gasteiger partial charge on any atom is 0.347 e. The number of benzene rings is 1. The summed E-state index contributed by atoms with van der Waals surface area (Å²) in [4.78, 5) is 50.7. The number of hydrogen-bond donors (Lipinski definition) is 0. The molecule has 1 saturated heterocycles. The van der Waals surface area contributed by atoms with Crippen LogP contribution in [0.2, 0.25) is 5.02 Å². The molecular weight excluding hydrogens is 455 g/mol. The minimum absolute atomic E-state index is 0.0623. The van der Waals surface area contributed by atoms with E-state index >= 15 is 0 Å². The number of likely N-dealkylation sites (tertiary alicyclic amines) is 1. The summed E-state index contributed by atoms with van der Waals surface area (Å²) >= 11 is 5.96. The molecule has 166 valence electrons. The summed E-state index contributed by atoms with van der Waals surface area (Å²) in [6.45, 7) is -0.358. The minimum atomic E-state index is -0.834. The van der Waals surface area contributed by atoms with E-state index in [1.165, 1.54) is 40.1 Å². The smallest absolute Gasteiger partial charge is 0.347 e. The first-order chi connectivity index (χ1) is 15.8. The Balaban J connectivity index is 1.34. The van der Waals surface area contributed by atoms with Gasteiger partial charge in [0.15, 0.2) is 5.78 Å². The predicted octanol–water partition coefficient (Wildman–Crippen LogP) is 2.59. The van der Waals surface area contributed by atoms with E-state index in [4.69, 9.17) is 16.0 Å². The number of fused-ring (bicyclic) bond motifs is 2. The minimum Gasteiger partial charge on any atom is -0.422 e. The normalized spacial score (nSPS) is 17.9. The van der Waals surface area contributed by atoms with Crippen molar-refractivity contribution in [1.29, 1.82) is 0 Å². The van der Waals surface area contributed by atoms with Gasteiger partial charge in [-0.1, -0.05) is 16.8 Å². The molecule has 1 aromatic carbocycles. The molecule has 1 amide bonds. The third kappa shape index (κ3) is 3.78. The fourth-order valence-electron chi connectivity index (χ4n) is 3.90. The average Bonchev–Trinajstić information content (AvgIpc) is 3.31. The molecule has 0 N–H and O–H groups in total. The maximum atomic E-state index is 13.5. The van der Waals surface area contributed by atoms with E-state index in [1.807, 2.05) is 0 Å². The quantitative estimate of drug-likeness (QED) is 0.321. The monoisotopic (exact) mass is 468 g/mol. The van der Waals surface area contributed by atoms with Crippen LogP contribution in [0.1, 0.15) is 22.5 Å². The Morgan fingerprint density at radius 2 is 2.03 bits per heavy atom. The number of Topliss-reactive ketones (excluding diaryl/α,β-unsaturated/α-hetero) is 2. The first-order valence-electron chi connectivity index (χ1n) is 9.88. The van der Waals surface area contributed by atoms with Crippen molar-refractivity contribution in [3.05, 3.63) is 80.8 Å². The van der Waals surface area contributed by atoms with Crippen LogP contribution in [0.15, 0.2) is 63.3 Å².